The maximum atomic E-state index is 6.27. The first-order chi connectivity index (χ1) is 9.27. The maximum Gasteiger partial charge on any atom is 0.0954 e. The molecule has 0 bridgehead atoms. The summed E-state index contributed by atoms with van der Waals surface area (Å²) < 4.78 is 2.15. The first kappa shape index (κ1) is 14.1. The average molecular weight is 278 g/mol. The lowest BCUT2D eigenvalue weighted by Crippen LogP contribution is -2.19. The number of nitrogens with zero attached hydrogens (tertiary/aromatic N) is 2. The molecule has 1 aromatic carbocycles. The molecule has 0 radical (unpaired) electrons. The predicted molar refractivity (Wildman–Crippen MR) is 80.3 cm³/mol. The van der Waals surface area contributed by atoms with Gasteiger partial charge in [-0.15, -0.1) is 0 Å². The van der Waals surface area contributed by atoms with E-state index in [0.29, 0.717) is 6.54 Å². The highest BCUT2D eigenvalue weighted by Gasteiger charge is 2.15. The largest absolute Gasteiger partial charge is 0.328 e. The molecule has 0 saturated heterocycles. The van der Waals surface area contributed by atoms with Crippen LogP contribution in [-0.4, -0.2) is 16.1 Å². The van der Waals surface area contributed by atoms with E-state index in [4.69, 9.17) is 17.3 Å². The summed E-state index contributed by atoms with van der Waals surface area (Å²) in [4.78, 5) is 4.27. The summed E-state index contributed by atoms with van der Waals surface area (Å²) >= 11 is 6.27. The summed E-state index contributed by atoms with van der Waals surface area (Å²) in [6.45, 7) is 2.81. The van der Waals surface area contributed by atoms with Gasteiger partial charge in [-0.25, -0.2) is 4.98 Å². The topological polar surface area (TPSA) is 43.8 Å². The molecule has 2 aromatic rings. The number of halogens is 1. The van der Waals surface area contributed by atoms with Crippen molar-refractivity contribution in [2.24, 2.45) is 5.73 Å². The third-order valence-electron chi connectivity index (χ3n) is 3.37. The van der Waals surface area contributed by atoms with Crippen molar-refractivity contribution in [3.63, 3.8) is 0 Å². The molecule has 1 unspecified atom stereocenters. The van der Waals surface area contributed by atoms with Crippen LogP contribution in [0.5, 0.6) is 0 Å². The van der Waals surface area contributed by atoms with Crippen LogP contribution in [0.25, 0.3) is 11.3 Å². The molecule has 2 N–H and O–H groups in total. The molecular formula is C15H20ClN3. The Morgan fingerprint density at radius 1 is 1.37 bits per heavy atom. The summed E-state index contributed by atoms with van der Waals surface area (Å²) in [7, 11) is 0. The van der Waals surface area contributed by atoms with E-state index < -0.39 is 0 Å². The summed E-state index contributed by atoms with van der Waals surface area (Å²) in [5.41, 5.74) is 7.96. The lowest BCUT2D eigenvalue weighted by molar-refractivity contribution is 0.461. The van der Waals surface area contributed by atoms with Crippen molar-refractivity contribution in [2.45, 2.75) is 32.2 Å². The summed E-state index contributed by atoms with van der Waals surface area (Å²) in [6, 6.07) is 8.13. The average Bonchev–Trinajstić information content (AvgIpc) is 2.89. The third-order valence-corrected chi connectivity index (χ3v) is 3.70. The molecule has 0 spiro atoms. The van der Waals surface area contributed by atoms with Crippen molar-refractivity contribution < 1.29 is 0 Å². The Kier molecular flexibility index (Phi) is 5.00. The highest BCUT2D eigenvalue weighted by Crippen LogP contribution is 2.30. The number of hydrogen-bond donors (Lipinski definition) is 1. The fourth-order valence-corrected chi connectivity index (χ4v) is 2.52. The van der Waals surface area contributed by atoms with Gasteiger partial charge in [0.2, 0.25) is 0 Å². The Morgan fingerprint density at radius 2 is 2.16 bits per heavy atom. The maximum absolute atomic E-state index is 6.27. The molecule has 0 fully saturated rings. The fourth-order valence-electron chi connectivity index (χ4n) is 2.28. The van der Waals surface area contributed by atoms with E-state index in [1.54, 1.807) is 0 Å². The van der Waals surface area contributed by atoms with Crippen LogP contribution in [0.3, 0.4) is 0 Å². The van der Waals surface area contributed by atoms with E-state index in [1.807, 2.05) is 36.8 Å². The monoisotopic (exact) mass is 277 g/mol. The van der Waals surface area contributed by atoms with Crippen molar-refractivity contribution in [1.82, 2.24) is 9.55 Å². The van der Waals surface area contributed by atoms with Gasteiger partial charge < -0.3 is 10.3 Å². The second-order valence-corrected chi connectivity index (χ2v) is 5.10. The first-order valence-corrected chi connectivity index (χ1v) is 7.12. The van der Waals surface area contributed by atoms with E-state index in [9.17, 15) is 0 Å². The molecule has 0 amide bonds. The SMILES string of the molecule is CCCCC(CN)n1cncc1-c1ccccc1Cl. The van der Waals surface area contributed by atoms with Crippen LogP contribution in [0.15, 0.2) is 36.8 Å². The molecule has 0 aliphatic rings. The lowest BCUT2D eigenvalue weighted by atomic mass is 10.1. The minimum atomic E-state index is 0.286. The Bertz CT molecular complexity index is 522. The predicted octanol–water partition coefficient (Wildman–Crippen LogP) is 3.89. The molecule has 1 aromatic heterocycles. The van der Waals surface area contributed by atoms with Crippen molar-refractivity contribution in [1.29, 1.82) is 0 Å². The van der Waals surface area contributed by atoms with Crippen molar-refractivity contribution >= 4 is 11.6 Å². The Morgan fingerprint density at radius 3 is 2.84 bits per heavy atom. The number of imidazole rings is 1. The van der Waals surface area contributed by atoms with Crippen LogP contribution >= 0.6 is 11.6 Å². The molecule has 0 aliphatic heterocycles. The molecule has 19 heavy (non-hydrogen) atoms. The zero-order valence-corrected chi connectivity index (χ0v) is 12.0. The van der Waals surface area contributed by atoms with Crippen LogP contribution in [-0.2, 0) is 0 Å². The highest BCUT2D eigenvalue weighted by atomic mass is 35.5. The van der Waals surface area contributed by atoms with Gasteiger partial charge in [0.05, 0.1) is 18.2 Å². The second-order valence-electron chi connectivity index (χ2n) is 4.70. The van der Waals surface area contributed by atoms with Gasteiger partial charge in [-0.05, 0) is 12.5 Å². The minimum Gasteiger partial charge on any atom is -0.328 e. The number of hydrogen-bond acceptors (Lipinski definition) is 2. The van der Waals surface area contributed by atoms with E-state index in [2.05, 4.69) is 16.5 Å². The van der Waals surface area contributed by atoms with Crippen LogP contribution in [0.1, 0.15) is 32.2 Å². The smallest absolute Gasteiger partial charge is 0.0954 e. The first-order valence-electron chi connectivity index (χ1n) is 6.74. The highest BCUT2D eigenvalue weighted by molar-refractivity contribution is 6.33. The third kappa shape index (κ3) is 3.17. The van der Waals surface area contributed by atoms with E-state index >= 15 is 0 Å². The summed E-state index contributed by atoms with van der Waals surface area (Å²) in [5.74, 6) is 0. The molecule has 3 nitrogen and oxygen atoms in total. The Hall–Kier alpha value is -1.32. The number of rotatable bonds is 6. The zero-order valence-electron chi connectivity index (χ0n) is 11.2. The van der Waals surface area contributed by atoms with Gasteiger partial charge in [0, 0.05) is 23.2 Å². The van der Waals surface area contributed by atoms with Gasteiger partial charge in [0.25, 0.3) is 0 Å². The quantitative estimate of drug-likeness (QED) is 0.870. The van der Waals surface area contributed by atoms with Gasteiger partial charge in [-0.2, -0.15) is 0 Å². The van der Waals surface area contributed by atoms with Gasteiger partial charge >= 0.3 is 0 Å². The Balaban J connectivity index is 2.34. The standard InChI is InChI=1S/C15H20ClN3/c1-2-3-6-12(9-17)19-11-18-10-15(19)13-7-4-5-8-14(13)16/h4-5,7-8,10-12H,2-3,6,9,17H2,1H3. The summed E-state index contributed by atoms with van der Waals surface area (Å²) in [6.07, 6.45) is 7.12. The van der Waals surface area contributed by atoms with Gasteiger partial charge in [-0.1, -0.05) is 49.6 Å². The Labute approximate surface area is 119 Å². The number of aromatic nitrogens is 2. The van der Waals surface area contributed by atoms with Crippen LogP contribution in [0, 0.1) is 0 Å². The van der Waals surface area contributed by atoms with Gasteiger partial charge in [-0.3, -0.25) is 0 Å². The van der Waals surface area contributed by atoms with E-state index in [-0.39, 0.29) is 6.04 Å². The fraction of sp³-hybridized carbons (Fsp3) is 0.400. The van der Waals surface area contributed by atoms with Crippen molar-refractivity contribution in [3.05, 3.63) is 41.8 Å². The molecule has 1 heterocycles. The van der Waals surface area contributed by atoms with E-state index in [1.165, 1.54) is 12.8 Å². The normalized spacial score (nSPS) is 12.6. The van der Waals surface area contributed by atoms with Gasteiger partial charge in [0.15, 0.2) is 0 Å². The van der Waals surface area contributed by atoms with Crippen molar-refractivity contribution in [2.75, 3.05) is 6.54 Å². The van der Waals surface area contributed by atoms with Crippen molar-refractivity contribution in [3.8, 4) is 11.3 Å². The van der Waals surface area contributed by atoms with Crippen LogP contribution in [0.4, 0.5) is 0 Å². The number of nitrogens with two attached hydrogens (primary N) is 1. The molecule has 0 saturated carbocycles. The number of unbranched alkanes of at least 4 members (excludes halogenated alkanes) is 1. The molecule has 2 rings (SSSR count). The van der Waals surface area contributed by atoms with E-state index in [0.717, 1.165) is 22.7 Å². The second kappa shape index (κ2) is 6.73. The van der Waals surface area contributed by atoms with Gasteiger partial charge in [0.1, 0.15) is 0 Å². The van der Waals surface area contributed by atoms with Crippen LogP contribution in [0.2, 0.25) is 5.02 Å². The molecule has 102 valence electrons. The number of benzene rings is 1. The molecular weight excluding hydrogens is 258 g/mol. The molecule has 1 atom stereocenters. The molecule has 0 aliphatic carbocycles. The zero-order chi connectivity index (χ0) is 13.7. The lowest BCUT2D eigenvalue weighted by Gasteiger charge is -2.19. The molecule has 4 heteroatoms. The minimum absolute atomic E-state index is 0.286. The summed E-state index contributed by atoms with van der Waals surface area (Å²) in [5, 5.41) is 0.746. The van der Waals surface area contributed by atoms with Crippen LogP contribution < -0.4 is 5.73 Å².